The number of rotatable bonds is 5. The molecule has 7 heteroatoms. The van der Waals surface area contributed by atoms with E-state index in [0.717, 1.165) is 12.0 Å². The van der Waals surface area contributed by atoms with Crippen LogP contribution in [0.15, 0.2) is 64.6 Å². The summed E-state index contributed by atoms with van der Waals surface area (Å²) in [6.07, 6.45) is 0.845. The zero-order valence-electron chi connectivity index (χ0n) is 17.9. The number of nitrogens with zero attached hydrogens (tertiary/aromatic N) is 1. The third-order valence-electron chi connectivity index (χ3n) is 5.52. The van der Waals surface area contributed by atoms with Crippen LogP contribution in [0, 0.1) is 6.92 Å². The van der Waals surface area contributed by atoms with Crippen molar-refractivity contribution >= 4 is 34.7 Å². The molecule has 2 heterocycles. The van der Waals surface area contributed by atoms with Crippen molar-refractivity contribution in [1.29, 1.82) is 0 Å². The van der Waals surface area contributed by atoms with E-state index in [1.165, 1.54) is 18.1 Å². The molecule has 32 heavy (non-hydrogen) atoms. The predicted octanol–water partition coefficient (Wildman–Crippen LogP) is 5.44. The van der Waals surface area contributed by atoms with Crippen LogP contribution >= 0.6 is 11.6 Å². The number of benzene rings is 2. The molecule has 0 bridgehead atoms. The van der Waals surface area contributed by atoms with Gasteiger partial charge in [-0.05, 0) is 61.4 Å². The summed E-state index contributed by atoms with van der Waals surface area (Å²) in [5.41, 5.74) is 1.87. The van der Waals surface area contributed by atoms with E-state index in [2.05, 4.69) is 0 Å². The molecule has 1 aliphatic rings. The number of ether oxygens (including phenoxy) is 1. The molecule has 2 aromatic carbocycles. The number of aryl methyl sites for hydroxylation is 2. The minimum atomic E-state index is -0.919. The number of methoxy groups -OCH3 is 1. The van der Waals surface area contributed by atoms with E-state index in [0.29, 0.717) is 28.5 Å². The molecule has 1 aromatic heterocycles. The molecule has 3 aromatic rings. The second-order valence-corrected chi connectivity index (χ2v) is 7.89. The Bertz CT molecular complexity index is 1230. The smallest absolute Gasteiger partial charge is 0.300 e. The van der Waals surface area contributed by atoms with Crippen molar-refractivity contribution in [3.8, 4) is 5.75 Å². The number of hydrogen-bond donors (Lipinski definition) is 1. The van der Waals surface area contributed by atoms with Gasteiger partial charge in [0.2, 0.25) is 0 Å². The lowest BCUT2D eigenvalue weighted by Crippen LogP contribution is -2.29. The number of hydrogen-bond acceptors (Lipinski definition) is 5. The van der Waals surface area contributed by atoms with Gasteiger partial charge in [0.1, 0.15) is 29.1 Å². The molecule has 0 aliphatic carbocycles. The highest BCUT2D eigenvalue weighted by atomic mass is 35.5. The standard InChI is InChI=1S/C25H22ClNO5/c1-4-15-6-9-17(10-7-15)27-22(20-11-5-14(2)32-20)21(24(29)25(27)30)23(28)16-8-12-19(31-3)18(26)13-16/h5-13,22,28H,4H2,1-3H3/b23-21-. The molecular weight excluding hydrogens is 430 g/mol. The van der Waals surface area contributed by atoms with E-state index < -0.39 is 17.7 Å². The molecule has 0 spiro atoms. The fourth-order valence-corrected chi connectivity index (χ4v) is 4.09. The Morgan fingerprint density at radius 1 is 1.12 bits per heavy atom. The Morgan fingerprint density at radius 3 is 2.41 bits per heavy atom. The predicted molar refractivity (Wildman–Crippen MR) is 122 cm³/mol. The van der Waals surface area contributed by atoms with Crippen LogP contribution in [0.25, 0.3) is 5.76 Å². The number of amides is 1. The van der Waals surface area contributed by atoms with E-state index in [-0.39, 0.29) is 16.4 Å². The maximum Gasteiger partial charge on any atom is 0.300 e. The molecule has 1 atom stereocenters. The van der Waals surface area contributed by atoms with Gasteiger partial charge in [0.15, 0.2) is 0 Å². The first-order valence-corrected chi connectivity index (χ1v) is 10.5. The van der Waals surface area contributed by atoms with Gasteiger partial charge in [-0.25, -0.2) is 0 Å². The van der Waals surface area contributed by atoms with E-state index in [1.807, 2.05) is 19.1 Å². The zero-order chi connectivity index (χ0) is 23.0. The number of aliphatic hydroxyl groups is 1. The first kappa shape index (κ1) is 21.7. The average Bonchev–Trinajstić information content (AvgIpc) is 3.34. The quantitative estimate of drug-likeness (QED) is 0.317. The van der Waals surface area contributed by atoms with E-state index >= 15 is 0 Å². The van der Waals surface area contributed by atoms with Gasteiger partial charge in [-0.3, -0.25) is 14.5 Å². The Hall–Kier alpha value is -3.51. The number of ketones is 1. The summed E-state index contributed by atoms with van der Waals surface area (Å²) in [5, 5.41) is 11.4. The lowest BCUT2D eigenvalue weighted by atomic mass is 9.99. The van der Waals surface area contributed by atoms with Gasteiger partial charge in [-0.2, -0.15) is 0 Å². The van der Waals surface area contributed by atoms with Crippen molar-refractivity contribution in [2.45, 2.75) is 26.3 Å². The maximum atomic E-state index is 13.1. The van der Waals surface area contributed by atoms with E-state index in [4.69, 9.17) is 20.8 Å². The minimum Gasteiger partial charge on any atom is -0.507 e. The molecule has 1 amide bonds. The third-order valence-corrected chi connectivity index (χ3v) is 5.82. The highest BCUT2D eigenvalue weighted by Gasteiger charge is 2.48. The van der Waals surface area contributed by atoms with Gasteiger partial charge in [0.05, 0.1) is 17.7 Å². The lowest BCUT2D eigenvalue weighted by molar-refractivity contribution is -0.132. The molecule has 0 radical (unpaired) electrons. The van der Waals surface area contributed by atoms with Crippen LogP contribution in [0.1, 0.15) is 35.6 Å². The minimum absolute atomic E-state index is 0.0647. The summed E-state index contributed by atoms with van der Waals surface area (Å²) >= 11 is 6.22. The zero-order valence-corrected chi connectivity index (χ0v) is 18.6. The largest absolute Gasteiger partial charge is 0.507 e. The number of carbonyl (C=O) groups excluding carboxylic acids is 2. The highest BCUT2D eigenvalue weighted by molar-refractivity contribution is 6.51. The van der Waals surface area contributed by atoms with Crippen LogP contribution in [0.2, 0.25) is 5.02 Å². The fourth-order valence-electron chi connectivity index (χ4n) is 3.83. The highest BCUT2D eigenvalue weighted by Crippen LogP contribution is 2.43. The van der Waals surface area contributed by atoms with Crippen LogP contribution in [0.4, 0.5) is 5.69 Å². The van der Waals surface area contributed by atoms with Crippen molar-refractivity contribution in [2.75, 3.05) is 12.0 Å². The summed E-state index contributed by atoms with van der Waals surface area (Å²) in [6.45, 7) is 3.81. The van der Waals surface area contributed by atoms with E-state index in [9.17, 15) is 14.7 Å². The Kier molecular flexibility index (Phi) is 5.80. The summed E-state index contributed by atoms with van der Waals surface area (Å²) in [6, 6.07) is 14.6. The van der Waals surface area contributed by atoms with Crippen LogP contribution in [0.3, 0.4) is 0 Å². The lowest BCUT2D eigenvalue weighted by Gasteiger charge is -2.23. The molecule has 0 saturated carbocycles. The van der Waals surface area contributed by atoms with Crippen molar-refractivity contribution in [2.24, 2.45) is 0 Å². The number of anilines is 1. The second kappa shape index (κ2) is 8.55. The van der Waals surface area contributed by atoms with Gasteiger partial charge < -0.3 is 14.3 Å². The molecule has 1 N–H and O–H groups in total. The Labute approximate surface area is 190 Å². The first-order valence-electron chi connectivity index (χ1n) is 10.2. The molecule has 164 valence electrons. The fraction of sp³-hybridized carbons (Fsp3) is 0.200. The summed E-state index contributed by atoms with van der Waals surface area (Å²) < 4.78 is 11.0. The van der Waals surface area contributed by atoms with E-state index in [1.54, 1.807) is 43.3 Å². The summed E-state index contributed by atoms with van der Waals surface area (Å²) in [5.74, 6) is -0.443. The second-order valence-electron chi connectivity index (χ2n) is 7.49. The number of furan rings is 1. The van der Waals surface area contributed by atoms with Crippen LogP contribution in [0.5, 0.6) is 5.75 Å². The maximum absolute atomic E-state index is 13.1. The number of halogens is 1. The van der Waals surface area contributed by atoms with Crippen molar-refractivity contribution < 1.29 is 23.8 Å². The monoisotopic (exact) mass is 451 g/mol. The first-order chi connectivity index (χ1) is 15.3. The summed E-state index contributed by atoms with van der Waals surface area (Å²) in [7, 11) is 1.48. The van der Waals surface area contributed by atoms with Gasteiger partial charge in [-0.1, -0.05) is 30.7 Å². The third kappa shape index (κ3) is 3.67. The summed E-state index contributed by atoms with van der Waals surface area (Å²) in [4.78, 5) is 27.6. The van der Waals surface area contributed by atoms with Gasteiger partial charge in [0, 0.05) is 11.3 Å². The number of carbonyl (C=O) groups is 2. The number of aliphatic hydroxyl groups excluding tert-OH is 1. The molecule has 1 fully saturated rings. The molecule has 1 saturated heterocycles. The Balaban J connectivity index is 1.90. The SMILES string of the molecule is CCc1ccc(N2C(=O)C(=O)/C(=C(\O)c3ccc(OC)c(Cl)c3)C2c2ccc(C)o2)cc1. The molecule has 1 aliphatic heterocycles. The van der Waals surface area contributed by atoms with Crippen molar-refractivity contribution in [3.63, 3.8) is 0 Å². The van der Waals surface area contributed by atoms with Crippen LogP contribution in [-0.2, 0) is 16.0 Å². The van der Waals surface area contributed by atoms with Crippen molar-refractivity contribution in [1.82, 2.24) is 0 Å². The molecule has 6 nitrogen and oxygen atoms in total. The van der Waals surface area contributed by atoms with Crippen LogP contribution in [-0.4, -0.2) is 23.9 Å². The van der Waals surface area contributed by atoms with Gasteiger partial charge >= 0.3 is 0 Å². The molecule has 1 unspecified atom stereocenters. The average molecular weight is 452 g/mol. The number of Topliss-reactive ketones (excluding diaryl/α,β-unsaturated/α-hetero) is 1. The molecule has 4 rings (SSSR count). The van der Waals surface area contributed by atoms with Crippen molar-refractivity contribution in [3.05, 3.63) is 87.8 Å². The topological polar surface area (TPSA) is 80.0 Å². The van der Waals surface area contributed by atoms with Gasteiger partial charge in [0.25, 0.3) is 11.7 Å². The Morgan fingerprint density at radius 2 is 1.84 bits per heavy atom. The molecular formula is C25H22ClNO5. The normalized spacial score (nSPS) is 17.8. The van der Waals surface area contributed by atoms with Crippen LogP contribution < -0.4 is 9.64 Å². The van der Waals surface area contributed by atoms with Gasteiger partial charge in [-0.15, -0.1) is 0 Å².